The van der Waals surface area contributed by atoms with Gasteiger partial charge in [-0.25, -0.2) is 5.43 Å². The molecule has 0 aliphatic heterocycles. The normalized spacial score (nSPS) is 10.4. The Labute approximate surface area is 120 Å². The van der Waals surface area contributed by atoms with E-state index in [4.69, 9.17) is 10.2 Å². The number of hydrogen-bond acceptors (Lipinski definition) is 4. The highest BCUT2D eigenvalue weighted by Crippen LogP contribution is 2.10. The van der Waals surface area contributed by atoms with E-state index in [9.17, 15) is 9.59 Å². The van der Waals surface area contributed by atoms with Crippen LogP contribution in [0.15, 0.2) is 0 Å². The van der Waals surface area contributed by atoms with E-state index in [1.54, 1.807) is 0 Å². The van der Waals surface area contributed by atoms with Crippen LogP contribution in [-0.2, 0) is 9.59 Å². The number of carboxylic acid groups (broad SMARTS) is 1. The van der Waals surface area contributed by atoms with Crippen molar-refractivity contribution in [1.82, 2.24) is 10.9 Å². The van der Waals surface area contributed by atoms with E-state index in [0.29, 0.717) is 13.0 Å². The van der Waals surface area contributed by atoms with Crippen LogP contribution in [-0.4, -0.2) is 35.2 Å². The number of aliphatic hydroxyl groups excluding tert-OH is 1. The molecule has 0 aromatic rings. The molecule has 0 spiro atoms. The molecule has 0 aromatic carbocycles. The Balaban J connectivity index is 3.15. The van der Waals surface area contributed by atoms with Crippen LogP contribution in [0.1, 0.15) is 64.2 Å². The van der Waals surface area contributed by atoms with E-state index in [1.807, 2.05) is 0 Å². The summed E-state index contributed by atoms with van der Waals surface area (Å²) in [4.78, 5) is 21.5. The average molecular weight is 288 g/mol. The maximum absolute atomic E-state index is 11.3. The molecule has 0 aliphatic rings. The van der Waals surface area contributed by atoms with Gasteiger partial charge < -0.3 is 10.2 Å². The Bertz CT molecular complexity index is 260. The second-order valence-corrected chi connectivity index (χ2v) is 4.95. The van der Waals surface area contributed by atoms with E-state index in [2.05, 4.69) is 10.9 Å². The molecule has 6 heteroatoms. The van der Waals surface area contributed by atoms with Crippen molar-refractivity contribution in [2.24, 2.45) is 0 Å². The van der Waals surface area contributed by atoms with Crippen molar-refractivity contribution < 1.29 is 19.8 Å². The Morgan fingerprint density at radius 2 is 1.30 bits per heavy atom. The molecule has 0 fully saturated rings. The maximum Gasteiger partial charge on any atom is 0.319 e. The highest BCUT2D eigenvalue weighted by atomic mass is 16.4. The molecule has 0 bridgehead atoms. The minimum Gasteiger partial charge on any atom is -0.480 e. The third kappa shape index (κ3) is 14.9. The summed E-state index contributed by atoms with van der Waals surface area (Å²) in [6.45, 7) is 0.0331. The molecular weight excluding hydrogens is 260 g/mol. The van der Waals surface area contributed by atoms with Crippen molar-refractivity contribution in [2.75, 3.05) is 13.2 Å². The molecular formula is C14H28N2O4. The first-order chi connectivity index (χ1) is 9.66. The van der Waals surface area contributed by atoms with Crippen molar-refractivity contribution in [1.29, 1.82) is 0 Å². The second-order valence-electron chi connectivity index (χ2n) is 4.95. The topological polar surface area (TPSA) is 98.7 Å². The van der Waals surface area contributed by atoms with Gasteiger partial charge in [0.25, 0.3) is 0 Å². The van der Waals surface area contributed by atoms with Crippen molar-refractivity contribution in [3.8, 4) is 0 Å². The fraction of sp³-hybridized carbons (Fsp3) is 0.857. The number of aliphatic carboxylic acids is 1. The standard InChI is InChI=1S/C14H28N2O4/c17-11-9-7-5-3-1-2-4-6-8-10-13(18)16-15-12-14(19)20/h15,17H,1-12H2,(H,16,18)(H,19,20). The molecule has 20 heavy (non-hydrogen) atoms. The number of carbonyl (C=O) groups excluding carboxylic acids is 1. The van der Waals surface area contributed by atoms with Gasteiger partial charge >= 0.3 is 5.97 Å². The molecule has 118 valence electrons. The van der Waals surface area contributed by atoms with Crippen LogP contribution in [0.4, 0.5) is 0 Å². The summed E-state index contributed by atoms with van der Waals surface area (Å²) in [5.74, 6) is -1.15. The molecule has 4 N–H and O–H groups in total. The lowest BCUT2D eigenvalue weighted by molar-refractivity contribution is -0.136. The number of aliphatic hydroxyl groups is 1. The summed E-state index contributed by atoms with van der Waals surface area (Å²) in [7, 11) is 0. The van der Waals surface area contributed by atoms with Crippen molar-refractivity contribution >= 4 is 11.9 Å². The van der Waals surface area contributed by atoms with Crippen LogP contribution in [0.5, 0.6) is 0 Å². The molecule has 0 saturated carbocycles. The molecule has 6 nitrogen and oxygen atoms in total. The van der Waals surface area contributed by atoms with Gasteiger partial charge in [-0.3, -0.25) is 15.0 Å². The largest absolute Gasteiger partial charge is 0.480 e. The van der Waals surface area contributed by atoms with E-state index in [1.165, 1.54) is 25.7 Å². The van der Waals surface area contributed by atoms with Crippen molar-refractivity contribution in [3.05, 3.63) is 0 Å². The fourth-order valence-electron chi connectivity index (χ4n) is 1.92. The zero-order chi connectivity index (χ0) is 15.1. The van der Waals surface area contributed by atoms with E-state index in [-0.39, 0.29) is 12.5 Å². The van der Waals surface area contributed by atoms with Gasteiger partial charge in [0.15, 0.2) is 0 Å². The lowest BCUT2D eigenvalue weighted by Gasteiger charge is -2.05. The molecule has 0 aromatic heterocycles. The first-order valence-corrected chi connectivity index (χ1v) is 7.51. The monoisotopic (exact) mass is 288 g/mol. The number of carboxylic acids is 1. The van der Waals surface area contributed by atoms with Gasteiger partial charge in [-0.15, -0.1) is 0 Å². The lowest BCUT2D eigenvalue weighted by Crippen LogP contribution is -2.40. The number of hydrazine groups is 1. The minimum absolute atomic E-state index is 0.157. The summed E-state index contributed by atoms with van der Waals surface area (Å²) >= 11 is 0. The zero-order valence-corrected chi connectivity index (χ0v) is 12.2. The molecule has 1 amide bonds. The molecule has 0 aliphatic carbocycles. The third-order valence-electron chi connectivity index (χ3n) is 3.03. The number of carbonyl (C=O) groups is 2. The highest BCUT2D eigenvalue weighted by Gasteiger charge is 2.01. The lowest BCUT2D eigenvalue weighted by atomic mass is 10.1. The molecule has 0 heterocycles. The first kappa shape index (κ1) is 18.9. The molecule has 0 unspecified atom stereocenters. The quantitative estimate of drug-likeness (QED) is 0.287. The van der Waals surface area contributed by atoms with Crippen LogP contribution >= 0.6 is 0 Å². The number of amides is 1. The predicted octanol–water partition coefficient (Wildman–Crippen LogP) is 1.59. The summed E-state index contributed by atoms with van der Waals surface area (Å²) in [5.41, 5.74) is 4.71. The van der Waals surface area contributed by atoms with Crippen LogP contribution in [0, 0.1) is 0 Å². The number of unbranched alkanes of at least 4 members (excludes halogenated alkanes) is 8. The molecule has 0 atom stereocenters. The van der Waals surface area contributed by atoms with Crippen LogP contribution in [0.3, 0.4) is 0 Å². The Morgan fingerprint density at radius 1 is 0.800 bits per heavy atom. The maximum atomic E-state index is 11.3. The average Bonchev–Trinajstić information content (AvgIpc) is 2.40. The zero-order valence-electron chi connectivity index (χ0n) is 12.2. The smallest absolute Gasteiger partial charge is 0.319 e. The molecule has 0 radical (unpaired) electrons. The SMILES string of the molecule is O=C(O)CNNC(=O)CCCCCCCCCCCO. The number of hydrogen-bond donors (Lipinski definition) is 4. The second kappa shape index (κ2) is 14.3. The van der Waals surface area contributed by atoms with Gasteiger partial charge in [0.2, 0.25) is 5.91 Å². The van der Waals surface area contributed by atoms with Crippen molar-refractivity contribution in [2.45, 2.75) is 64.2 Å². The Hall–Kier alpha value is -1.14. The van der Waals surface area contributed by atoms with Gasteiger partial charge in [-0.1, -0.05) is 44.9 Å². The van der Waals surface area contributed by atoms with Crippen LogP contribution in [0.2, 0.25) is 0 Å². The van der Waals surface area contributed by atoms with Gasteiger partial charge in [0, 0.05) is 13.0 Å². The fourth-order valence-corrected chi connectivity index (χ4v) is 1.92. The Kier molecular flexibility index (Phi) is 13.5. The van der Waals surface area contributed by atoms with Crippen LogP contribution < -0.4 is 10.9 Å². The van der Waals surface area contributed by atoms with E-state index in [0.717, 1.165) is 32.1 Å². The number of nitrogens with one attached hydrogen (secondary N) is 2. The van der Waals surface area contributed by atoms with Gasteiger partial charge in [-0.2, -0.15) is 0 Å². The highest BCUT2D eigenvalue weighted by molar-refractivity contribution is 5.76. The van der Waals surface area contributed by atoms with Gasteiger partial charge in [-0.05, 0) is 12.8 Å². The Morgan fingerprint density at radius 3 is 1.80 bits per heavy atom. The third-order valence-corrected chi connectivity index (χ3v) is 3.03. The number of rotatable bonds is 14. The van der Waals surface area contributed by atoms with E-state index >= 15 is 0 Å². The summed E-state index contributed by atoms with van der Waals surface area (Å²) in [5, 5.41) is 17.0. The van der Waals surface area contributed by atoms with Crippen molar-refractivity contribution in [3.63, 3.8) is 0 Å². The summed E-state index contributed by atoms with van der Waals surface area (Å²) < 4.78 is 0. The van der Waals surface area contributed by atoms with Gasteiger partial charge in [0.1, 0.15) is 6.54 Å². The minimum atomic E-state index is -0.996. The van der Waals surface area contributed by atoms with E-state index < -0.39 is 5.97 Å². The van der Waals surface area contributed by atoms with Crippen LogP contribution in [0.25, 0.3) is 0 Å². The molecule has 0 rings (SSSR count). The predicted molar refractivity (Wildman–Crippen MR) is 77.0 cm³/mol. The van der Waals surface area contributed by atoms with Gasteiger partial charge in [0.05, 0.1) is 0 Å². The first-order valence-electron chi connectivity index (χ1n) is 7.51. The molecule has 0 saturated heterocycles. The summed E-state index contributed by atoms with van der Waals surface area (Å²) in [6.07, 6.45) is 10.3. The summed E-state index contributed by atoms with van der Waals surface area (Å²) in [6, 6.07) is 0.